The maximum atomic E-state index is 14.3. The van der Waals surface area contributed by atoms with Gasteiger partial charge in [0.05, 0.1) is 35.7 Å². The second kappa shape index (κ2) is 10.5. The molecule has 3 aromatic rings. The van der Waals surface area contributed by atoms with Gasteiger partial charge < -0.3 is 9.26 Å². The van der Waals surface area contributed by atoms with E-state index in [1.54, 1.807) is 0 Å². The maximum absolute atomic E-state index is 14.3. The number of nitrogens with zero attached hydrogens (tertiary/aromatic N) is 5. The number of carbonyl (C=O) groups excluding carboxylic acids is 1. The van der Waals surface area contributed by atoms with E-state index in [0.717, 1.165) is 23.0 Å². The minimum absolute atomic E-state index is 0.0517. The molecule has 0 amide bonds. The number of hydrogen-bond donors (Lipinski definition) is 0. The highest BCUT2D eigenvalue weighted by Crippen LogP contribution is 2.41. The van der Waals surface area contributed by atoms with Crippen LogP contribution in [0.25, 0.3) is 34.0 Å². The van der Waals surface area contributed by atoms with Crippen LogP contribution < -0.4 is 0 Å². The molecule has 42 heavy (non-hydrogen) atoms. The highest BCUT2D eigenvalue weighted by Gasteiger charge is 2.39. The summed E-state index contributed by atoms with van der Waals surface area (Å²) in [6, 6.07) is 3.77. The molecule has 0 bridgehead atoms. The second-order valence-corrected chi connectivity index (χ2v) is 8.70. The minimum Gasteiger partial charge on any atom is -0.464 e. The summed E-state index contributed by atoms with van der Waals surface area (Å²) < 4.78 is 120. The zero-order valence-corrected chi connectivity index (χ0v) is 21.0. The Labute approximate surface area is 229 Å². The quantitative estimate of drug-likeness (QED) is 0.161. The highest BCUT2D eigenvalue weighted by atomic mass is 19.4. The maximum Gasteiger partial charge on any atom is 0.417 e. The van der Waals surface area contributed by atoms with E-state index in [2.05, 4.69) is 20.2 Å². The van der Waals surface area contributed by atoms with Crippen molar-refractivity contribution in [2.75, 3.05) is 6.61 Å². The number of halogens is 8. The Balaban J connectivity index is 1.57. The molecule has 8 nitrogen and oxygen atoms in total. The van der Waals surface area contributed by atoms with Gasteiger partial charge in [0, 0.05) is 11.6 Å². The third kappa shape index (κ3) is 5.38. The van der Waals surface area contributed by atoms with Crippen LogP contribution in [-0.2, 0) is 21.9 Å². The van der Waals surface area contributed by atoms with Crippen molar-refractivity contribution in [3.05, 3.63) is 83.4 Å². The number of imidazole rings is 1. The van der Waals surface area contributed by atoms with Crippen LogP contribution in [0, 0.1) is 11.6 Å². The van der Waals surface area contributed by atoms with Crippen molar-refractivity contribution < 1.29 is 49.2 Å². The molecule has 0 saturated heterocycles. The van der Waals surface area contributed by atoms with Gasteiger partial charge in [-0.25, -0.2) is 28.2 Å². The van der Waals surface area contributed by atoms with E-state index in [-0.39, 0.29) is 41.2 Å². The predicted octanol–water partition coefficient (Wildman–Crippen LogP) is 6.57. The molecule has 0 radical (unpaired) electrons. The molecule has 1 atom stereocenters. The van der Waals surface area contributed by atoms with Crippen LogP contribution in [0.15, 0.2) is 59.4 Å². The standard InChI is InChI=1S/C26H15F8N5O3/c1-2-41-24(40)22(39-11-19-18(10-35-39)36-23(37-19)14-4-3-5-16(27)21(14)28)20-9-17(38-42-20)13-7-6-12(25(29,30)31)8-15(13)26(32,33)34/h3-11,22H,2H2,1H3. The molecule has 2 aliphatic rings. The molecule has 0 aliphatic carbocycles. The van der Waals surface area contributed by atoms with Crippen LogP contribution in [0.2, 0.25) is 0 Å². The first-order valence-electron chi connectivity index (χ1n) is 11.9. The second-order valence-electron chi connectivity index (χ2n) is 8.70. The normalized spacial score (nSPS) is 13.0. The first-order valence-corrected chi connectivity index (χ1v) is 11.9. The average Bonchev–Trinajstić information content (AvgIpc) is 3.56. The molecule has 0 N–H and O–H groups in total. The van der Waals surface area contributed by atoms with Gasteiger partial charge in [-0.15, -0.1) is 0 Å². The summed E-state index contributed by atoms with van der Waals surface area (Å²) in [6.45, 7) is 1.37. The summed E-state index contributed by atoms with van der Waals surface area (Å²) in [5.74, 6) is -3.84. The molecule has 0 spiro atoms. The van der Waals surface area contributed by atoms with Gasteiger partial charge >= 0.3 is 18.3 Å². The summed E-state index contributed by atoms with van der Waals surface area (Å²) in [4.78, 5) is 21.2. The minimum atomic E-state index is -5.19. The van der Waals surface area contributed by atoms with Crippen LogP contribution in [-0.4, -0.2) is 37.5 Å². The van der Waals surface area contributed by atoms with E-state index in [4.69, 9.17) is 9.26 Å². The fourth-order valence-electron chi connectivity index (χ4n) is 4.08. The first-order chi connectivity index (χ1) is 19.8. The number of hydrogen-bond acceptors (Lipinski definition) is 7. The van der Waals surface area contributed by atoms with Gasteiger partial charge in [-0.05, 0) is 31.2 Å². The van der Waals surface area contributed by atoms with Crippen LogP contribution in [0.5, 0.6) is 0 Å². The number of carbonyl (C=O) groups is 1. The third-order valence-corrected chi connectivity index (χ3v) is 5.98. The predicted molar refractivity (Wildman–Crippen MR) is 127 cm³/mol. The summed E-state index contributed by atoms with van der Waals surface area (Å²) in [6.07, 6.45) is -7.89. The van der Waals surface area contributed by atoms with Gasteiger partial charge in [-0.3, -0.25) is 0 Å². The lowest BCUT2D eigenvalue weighted by atomic mass is 10.00. The van der Waals surface area contributed by atoms with Crippen molar-refractivity contribution in [3.8, 4) is 34.0 Å². The van der Waals surface area contributed by atoms with Crippen molar-refractivity contribution in [1.82, 2.24) is 24.9 Å². The van der Waals surface area contributed by atoms with Crippen molar-refractivity contribution in [1.29, 1.82) is 0 Å². The zero-order chi connectivity index (χ0) is 30.4. The summed E-state index contributed by atoms with van der Waals surface area (Å²) in [5, 5.41) is 7.62. The van der Waals surface area contributed by atoms with E-state index in [0.29, 0.717) is 12.1 Å². The fraction of sp³-hybridized carbons (Fsp3) is 0.192. The Morgan fingerprint density at radius 1 is 0.952 bits per heavy atom. The molecule has 2 aromatic carbocycles. The van der Waals surface area contributed by atoms with E-state index < -0.39 is 58.4 Å². The molecule has 0 fully saturated rings. The Morgan fingerprint density at radius 3 is 2.38 bits per heavy atom. The van der Waals surface area contributed by atoms with Gasteiger partial charge in [0.2, 0.25) is 6.04 Å². The van der Waals surface area contributed by atoms with Crippen molar-refractivity contribution >= 4 is 5.97 Å². The Hall–Kier alpha value is -4.89. The summed E-state index contributed by atoms with van der Waals surface area (Å²) in [5.41, 5.74) is -4.43. The summed E-state index contributed by atoms with van der Waals surface area (Å²) >= 11 is 0. The zero-order valence-electron chi connectivity index (χ0n) is 21.0. The molecule has 3 heterocycles. The third-order valence-electron chi connectivity index (χ3n) is 5.98. The van der Waals surface area contributed by atoms with Gasteiger partial charge in [0.25, 0.3) is 0 Å². The van der Waals surface area contributed by atoms with Gasteiger partial charge in [0.15, 0.2) is 23.2 Å². The van der Waals surface area contributed by atoms with E-state index >= 15 is 0 Å². The number of aromatic nitrogens is 5. The monoisotopic (exact) mass is 597 g/mol. The highest BCUT2D eigenvalue weighted by molar-refractivity contribution is 5.78. The van der Waals surface area contributed by atoms with E-state index in [1.165, 1.54) is 25.3 Å². The van der Waals surface area contributed by atoms with Crippen molar-refractivity contribution in [2.24, 2.45) is 0 Å². The first kappa shape index (κ1) is 28.6. The number of ether oxygens (including phenoxy) is 1. The number of rotatable bonds is 6. The smallest absolute Gasteiger partial charge is 0.417 e. The largest absolute Gasteiger partial charge is 0.464 e. The fourth-order valence-corrected chi connectivity index (χ4v) is 4.08. The molecule has 5 rings (SSSR count). The SMILES string of the molecule is CCOC(=O)C(c1cc(-c2ccc(C(F)(F)F)cc2C(F)(F)F)no1)n1cc2nc(-c3cccc(F)c3F)nc-2cn1. The molecule has 2 aliphatic heterocycles. The topological polar surface area (TPSA) is 95.9 Å². The Kier molecular flexibility index (Phi) is 7.16. The Morgan fingerprint density at radius 2 is 1.69 bits per heavy atom. The molecule has 1 unspecified atom stereocenters. The molecular formula is C26H15F8N5O3. The van der Waals surface area contributed by atoms with Crippen molar-refractivity contribution in [2.45, 2.75) is 25.3 Å². The number of benzene rings is 2. The van der Waals surface area contributed by atoms with Gasteiger partial charge in [-0.1, -0.05) is 17.3 Å². The molecular weight excluding hydrogens is 582 g/mol. The van der Waals surface area contributed by atoms with Crippen LogP contribution >= 0.6 is 0 Å². The molecule has 16 heteroatoms. The van der Waals surface area contributed by atoms with Crippen LogP contribution in [0.3, 0.4) is 0 Å². The lowest BCUT2D eigenvalue weighted by Gasteiger charge is -2.16. The molecule has 0 saturated carbocycles. The number of esters is 1. The molecule has 218 valence electrons. The number of alkyl halides is 6. The molecule has 1 aromatic heterocycles. The van der Waals surface area contributed by atoms with E-state index in [1.807, 2.05) is 0 Å². The lowest BCUT2D eigenvalue weighted by Crippen LogP contribution is -2.24. The number of fused-ring (bicyclic) bond motifs is 1. The van der Waals surface area contributed by atoms with E-state index in [9.17, 15) is 39.9 Å². The van der Waals surface area contributed by atoms with Gasteiger partial charge in [-0.2, -0.15) is 31.4 Å². The van der Waals surface area contributed by atoms with Crippen LogP contribution in [0.4, 0.5) is 35.1 Å². The average molecular weight is 597 g/mol. The van der Waals surface area contributed by atoms with Gasteiger partial charge in [0.1, 0.15) is 17.1 Å². The Bertz CT molecular complexity index is 1740. The van der Waals surface area contributed by atoms with Crippen molar-refractivity contribution in [3.63, 3.8) is 0 Å². The lowest BCUT2D eigenvalue weighted by molar-refractivity contribution is -0.147. The van der Waals surface area contributed by atoms with Crippen LogP contribution in [0.1, 0.15) is 29.9 Å². The summed E-state index contributed by atoms with van der Waals surface area (Å²) in [7, 11) is 0.